The highest BCUT2D eigenvalue weighted by Gasteiger charge is 2.13. The summed E-state index contributed by atoms with van der Waals surface area (Å²) in [7, 11) is 1.58. The van der Waals surface area contributed by atoms with Gasteiger partial charge in [0, 0.05) is 10.9 Å². The number of carboxylic acid groups (broad SMARTS) is 1. The summed E-state index contributed by atoms with van der Waals surface area (Å²) >= 11 is 1.29. The molecular formula is C20H19NO4S. The molecule has 0 bridgehead atoms. The quantitative estimate of drug-likeness (QED) is 0.591. The minimum Gasteiger partial charge on any atom is -0.493 e. The first kappa shape index (κ1) is 17.9. The normalized spacial score (nSPS) is 10.5. The van der Waals surface area contributed by atoms with Crippen LogP contribution in [0.15, 0.2) is 53.9 Å². The molecule has 1 heterocycles. The minimum atomic E-state index is -1.03. The van der Waals surface area contributed by atoms with Crippen LogP contribution in [-0.4, -0.2) is 29.8 Å². The van der Waals surface area contributed by atoms with Gasteiger partial charge in [0.1, 0.15) is 5.01 Å². The van der Waals surface area contributed by atoms with Gasteiger partial charge in [-0.15, -0.1) is 11.3 Å². The molecule has 3 rings (SSSR count). The van der Waals surface area contributed by atoms with Crippen LogP contribution in [-0.2, 0) is 6.42 Å². The molecule has 0 unspecified atom stereocenters. The number of aromatic nitrogens is 1. The van der Waals surface area contributed by atoms with Crippen LogP contribution in [0.1, 0.15) is 22.5 Å². The fourth-order valence-electron chi connectivity index (χ4n) is 2.53. The van der Waals surface area contributed by atoms with Gasteiger partial charge in [0.05, 0.1) is 13.7 Å². The van der Waals surface area contributed by atoms with Gasteiger partial charge in [-0.25, -0.2) is 9.78 Å². The molecule has 0 radical (unpaired) electrons. The van der Waals surface area contributed by atoms with Crippen molar-refractivity contribution in [2.45, 2.75) is 12.8 Å². The van der Waals surface area contributed by atoms with E-state index in [-0.39, 0.29) is 5.69 Å². The summed E-state index contributed by atoms with van der Waals surface area (Å²) in [5.74, 6) is 0.242. The molecule has 0 spiro atoms. The maximum absolute atomic E-state index is 11.0. The van der Waals surface area contributed by atoms with Gasteiger partial charge in [0.2, 0.25) is 0 Å². The third-order valence-electron chi connectivity index (χ3n) is 3.84. The molecule has 6 heteroatoms. The minimum absolute atomic E-state index is 0.0465. The smallest absolute Gasteiger partial charge is 0.355 e. The van der Waals surface area contributed by atoms with Gasteiger partial charge >= 0.3 is 5.97 Å². The summed E-state index contributed by atoms with van der Waals surface area (Å²) in [6, 6.07) is 15.8. The highest BCUT2D eigenvalue weighted by atomic mass is 32.1. The Labute approximate surface area is 155 Å². The average Bonchev–Trinajstić information content (AvgIpc) is 3.16. The van der Waals surface area contributed by atoms with E-state index in [0.29, 0.717) is 23.1 Å². The molecule has 0 saturated heterocycles. The Morgan fingerprint density at radius 1 is 1.15 bits per heavy atom. The summed E-state index contributed by atoms with van der Waals surface area (Å²) in [6.07, 6.45) is 1.86. The average molecular weight is 369 g/mol. The van der Waals surface area contributed by atoms with Crippen LogP contribution < -0.4 is 9.47 Å². The lowest BCUT2D eigenvalue weighted by Gasteiger charge is -2.11. The van der Waals surface area contributed by atoms with Gasteiger partial charge in [0.25, 0.3) is 0 Å². The Hall–Kier alpha value is -2.86. The summed E-state index contributed by atoms with van der Waals surface area (Å²) in [6.45, 7) is 0.588. The zero-order valence-electron chi connectivity index (χ0n) is 14.3. The van der Waals surface area contributed by atoms with Gasteiger partial charge in [-0.05, 0) is 36.6 Å². The molecule has 0 saturated carbocycles. The van der Waals surface area contributed by atoms with Crippen molar-refractivity contribution < 1.29 is 19.4 Å². The number of rotatable bonds is 8. The standard InChI is InChI=1S/C20H19NO4S/c1-24-18-12-15(19-21-16(13-26-19)20(22)23)9-10-17(18)25-11-5-8-14-6-3-2-4-7-14/h2-4,6-7,9-10,12-13H,5,8,11H2,1H3,(H,22,23). The Kier molecular flexibility index (Phi) is 5.86. The van der Waals surface area contributed by atoms with Gasteiger partial charge in [-0.2, -0.15) is 0 Å². The van der Waals surface area contributed by atoms with E-state index in [2.05, 4.69) is 17.1 Å². The first-order valence-electron chi connectivity index (χ1n) is 8.21. The van der Waals surface area contributed by atoms with Crippen LogP contribution in [0.4, 0.5) is 0 Å². The van der Waals surface area contributed by atoms with E-state index in [1.807, 2.05) is 36.4 Å². The summed E-state index contributed by atoms with van der Waals surface area (Å²) < 4.78 is 11.3. The van der Waals surface area contributed by atoms with Crippen LogP contribution in [0, 0.1) is 0 Å². The monoisotopic (exact) mass is 369 g/mol. The van der Waals surface area contributed by atoms with Crippen LogP contribution in [0.25, 0.3) is 10.6 Å². The van der Waals surface area contributed by atoms with E-state index in [0.717, 1.165) is 18.4 Å². The largest absolute Gasteiger partial charge is 0.493 e. The predicted octanol–water partition coefficient (Wildman–Crippen LogP) is 4.53. The van der Waals surface area contributed by atoms with Crippen LogP contribution in [0.3, 0.4) is 0 Å². The molecule has 1 N–H and O–H groups in total. The fraction of sp³-hybridized carbons (Fsp3) is 0.200. The Morgan fingerprint density at radius 3 is 2.65 bits per heavy atom. The van der Waals surface area contributed by atoms with Gasteiger partial charge in [-0.1, -0.05) is 30.3 Å². The number of benzene rings is 2. The Balaban J connectivity index is 1.63. The number of aryl methyl sites for hydroxylation is 1. The van der Waals surface area contributed by atoms with Crippen molar-refractivity contribution in [1.29, 1.82) is 0 Å². The summed E-state index contributed by atoms with van der Waals surface area (Å²) in [5.41, 5.74) is 2.14. The second-order valence-electron chi connectivity index (χ2n) is 5.65. The SMILES string of the molecule is COc1cc(-c2nc(C(=O)O)cs2)ccc1OCCCc1ccccc1. The lowest BCUT2D eigenvalue weighted by molar-refractivity contribution is 0.0691. The Morgan fingerprint density at radius 2 is 1.96 bits per heavy atom. The molecular weight excluding hydrogens is 350 g/mol. The van der Waals surface area contributed by atoms with Crippen molar-refractivity contribution in [2.24, 2.45) is 0 Å². The zero-order chi connectivity index (χ0) is 18.4. The molecule has 3 aromatic rings. The van der Waals surface area contributed by atoms with Crippen LogP contribution in [0.2, 0.25) is 0 Å². The second-order valence-corrected chi connectivity index (χ2v) is 6.50. The highest BCUT2D eigenvalue weighted by molar-refractivity contribution is 7.13. The second kappa shape index (κ2) is 8.49. The van der Waals surface area contributed by atoms with Crippen molar-refractivity contribution in [3.05, 3.63) is 65.2 Å². The maximum Gasteiger partial charge on any atom is 0.355 e. The van der Waals surface area contributed by atoms with Gasteiger partial charge in [0.15, 0.2) is 17.2 Å². The van der Waals surface area contributed by atoms with Crippen LogP contribution in [0.5, 0.6) is 11.5 Å². The first-order chi connectivity index (χ1) is 12.7. The molecule has 5 nitrogen and oxygen atoms in total. The molecule has 0 aliphatic rings. The number of hydrogen-bond acceptors (Lipinski definition) is 5. The van der Waals surface area contributed by atoms with Gasteiger partial charge in [-0.3, -0.25) is 0 Å². The number of carboxylic acids is 1. The van der Waals surface area contributed by atoms with Crippen LogP contribution >= 0.6 is 11.3 Å². The van der Waals surface area contributed by atoms with Crippen molar-refractivity contribution in [3.8, 4) is 22.1 Å². The number of nitrogens with zero attached hydrogens (tertiary/aromatic N) is 1. The molecule has 0 aliphatic heterocycles. The van der Waals surface area contributed by atoms with Crippen molar-refractivity contribution >= 4 is 17.3 Å². The van der Waals surface area contributed by atoms with E-state index in [1.165, 1.54) is 22.3 Å². The topological polar surface area (TPSA) is 68.7 Å². The van der Waals surface area contributed by atoms with E-state index in [4.69, 9.17) is 14.6 Å². The lowest BCUT2D eigenvalue weighted by Crippen LogP contribution is -2.01. The highest BCUT2D eigenvalue weighted by Crippen LogP contribution is 2.34. The number of methoxy groups -OCH3 is 1. The Bertz CT molecular complexity index is 877. The molecule has 0 amide bonds. The van der Waals surface area contributed by atoms with E-state index in [1.54, 1.807) is 7.11 Å². The zero-order valence-corrected chi connectivity index (χ0v) is 15.2. The number of aromatic carboxylic acids is 1. The summed E-state index contributed by atoms with van der Waals surface area (Å²) in [5, 5.41) is 11.2. The molecule has 2 aromatic carbocycles. The number of ether oxygens (including phenoxy) is 2. The van der Waals surface area contributed by atoms with Crippen molar-refractivity contribution in [3.63, 3.8) is 0 Å². The lowest BCUT2D eigenvalue weighted by atomic mass is 10.1. The molecule has 0 atom stereocenters. The molecule has 0 aliphatic carbocycles. The molecule has 1 aromatic heterocycles. The van der Waals surface area contributed by atoms with Crippen molar-refractivity contribution in [2.75, 3.05) is 13.7 Å². The third kappa shape index (κ3) is 4.40. The third-order valence-corrected chi connectivity index (χ3v) is 4.74. The molecule has 26 heavy (non-hydrogen) atoms. The summed E-state index contributed by atoms with van der Waals surface area (Å²) in [4.78, 5) is 15.1. The maximum atomic E-state index is 11.0. The number of hydrogen-bond donors (Lipinski definition) is 1. The van der Waals surface area contributed by atoms with Gasteiger partial charge < -0.3 is 14.6 Å². The van der Waals surface area contributed by atoms with E-state index in [9.17, 15) is 4.79 Å². The fourth-order valence-corrected chi connectivity index (χ4v) is 3.32. The number of carbonyl (C=O) groups is 1. The molecule has 134 valence electrons. The number of thiazole rings is 1. The van der Waals surface area contributed by atoms with E-state index >= 15 is 0 Å². The van der Waals surface area contributed by atoms with E-state index < -0.39 is 5.97 Å². The predicted molar refractivity (Wildman–Crippen MR) is 101 cm³/mol. The first-order valence-corrected chi connectivity index (χ1v) is 9.09. The van der Waals surface area contributed by atoms with Crippen molar-refractivity contribution in [1.82, 2.24) is 4.98 Å². The molecule has 0 fully saturated rings.